The van der Waals surface area contributed by atoms with Crippen molar-refractivity contribution in [3.05, 3.63) is 35.6 Å². The number of hydrogen-bond acceptors (Lipinski definition) is 2. The molecule has 0 aliphatic heterocycles. The number of rotatable bonds is 6. The average Bonchev–Trinajstić information content (AvgIpc) is 2.87. The zero-order chi connectivity index (χ0) is 18.8. The molecule has 0 bridgehead atoms. The maximum Gasteiger partial charge on any atom is 0.227 e. The summed E-state index contributed by atoms with van der Waals surface area (Å²) >= 11 is 0. The van der Waals surface area contributed by atoms with Crippen LogP contribution in [0.15, 0.2) is 28.9 Å². The van der Waals surface area contributed by atoms with Gasteiger partial charge in [-0.15, -0.1) is 0 Å². The number of hydrogen-bond donors (Lipinski definition) is 0. The smallest absolute Gasteiger partial charge is 0.227 e. The molecule has 2 aromatic rings. The van der Waals surface area contributed by atoms with Gasteiger partial charge >= 0.3 is 0 Å². The number of furan rings is 1. The fraction of sp³-hybridized carbons (Fsp3) is 0.591. The van der Waals surface area contributed by atoms with Gasteiger partial charge in [-0.1, -0.05) is 54.5 Å². The molecule has 1 heterocycles. The first-order chi connectivity index (χ1) is 11.6. The first kappa shape index (κ1) is 19.6. The van der Waals surface area contributed by atoms with Gasteiger partial charge in [-0.2, -0.15) is 0 Å². The van der Waals surface area contributed by atoms with Crippen molar-refractivity contribution in [2.75, 3.05) is 13.1 Å². The molecule has 0 atom stereocenters. The summed E-state index contributed by atoms with van der Waals surface area (Å²) in [6.07, 6.45) is 2.15. The third kappa shape index (κ3) is 5.10. The molecule has 0 aliphatic carbocycles. The van der Waals surface area contributed by atoms with Crippen molar-refractivity contribution >= 4 is 16.9 Å². The van der Waals surface area contributed by atoms with Gasteiger partial charge in [-0.3, -0.25) is 4.79 Å². The molecule has 2 rings (SSSR count). The minimum absolute atomic E-state index is 0.0774. The molecule has 138 valence electrons. The van der Waals surface area contributed by atoms with Crippen molar-refractivity contribution in [1.29, 1.82) is 0 Å². The van der Waals surface area contributed by atoms with Crippen LogP contribution in [-0.4, -0.2) is 23.9 Å². The number of benzene rings is 1. The van der Waals surface area contributed by atoms with Gasteiger partial charge in [0.25, 0.3) is 0 Å². The Hall–Kier alpha value is -1.77. The Balaban J connectivity index is 2.27. The van der Waals surface area contributed by atoms with E-state index in [0.29, 0.717) is 18.3 Å². The highest BCUT2D eigenvalue weighted by Gasteiger charge is 2.20. The van der Waals surface area contributed by atoms with Crippen molar-refractivity contribution < 1.29 is 9.21 Å². The Morgan fingerprint density at radius 1 is 1.08 bits per heavy atom. The van der Waals surface area contributed by atoms with Gasteiger partial charge in [0.1, 0.15) is 5.58 Å². The quantitative estimate of drug-likeness (QED) is 0.702. The van der Waals surface area contributed by atoms with Crippen LogP contribution in [-0.2, 0) is 16.6 Å². The molecule has 0 saturated heterocycles. The van der Waals surface area contributed by atoms with Crippen molar-refractivity contribution in [3.8, 4) is 0 Å². The number of amides is 1. The fourth-order valence-corrected chi connectivity index (χ4v) is 3.12. The Labute approximate surface area is 152 Å². The number of nitrogens with zero attached hydrogens (tertiary/aromatic N) is 1. The van der Waals surface area contributed by atoms with E-state index in [1.165, 1.54) is 5.56 Å². The highest BCUT2D eigenvalue weighted by atomic mass is 16.3. The lowest BCUT2D eigenvalue weighted by atomic mass is 9.86. The lowest BCUT2D eigenvalue weighted by Gasteiger charge is -2.26. The Morgan fingerprint density at radius 3 is 2.20 bits per heavy atom. The van der Waals surface area contributed by atoms with E-state index in [-0.39, 0.29) is 11.3 Å². The van der Waals surface area contributed by atoms with Crippen molar-refractivity contribution in [2.45, 2.75) is 60.3 Å². The Bertz CT molecular complexity index is 709. The summed E-state index contributed by atoms with van der Waals surface area (Å²) in [5.41, 5.74) is 3.18. The molecule has 3 heteroatoms. The molecule has 3 nitrogen and oxygen atoms in total. The first-order valence-corrected chi connectivity index (χ1v) is 9.36. The van der Waals surface area contributed by atoms with Crippen molar-refractivity contribution in [3.63, 3.8) is 0 Å². The molecular formula is C22H33NO2. The predicted molar refractivity (Wildman–Crippen MR) is 105 cm³/mol. The summed E-state index contributed by atoms with van der Waals surface area (Å²) in [4.78, 5) is 14.9. The molecule has 0 fully saturated rings. The van der Waals surface area contributed by atoms with Crippen LogP contribution in [0.25, 0.3) is 11.0 Å². The van der Waals surface area contributed by atoms with Gasteiger partial charge in [0.15, 0.2) is 0 Å². The highest BCUT2D eigenvalue weighted by Crippen LogP contribution is 2.29. The van der Waals surface area contributed by atoms with Crippen LogP contribution in [0, 0.1) is 11.8 Å². The molecule has 1 aromatic heterocycles. The van der Waals surface area contributed by atoms with Gasteiger partial charge in [-0.25, -0.2) is 0 Å². The molecular weight excluding hydrogens is 310 g/mol. The maximum absolute atomic E-state index is 12.9. The van der Waals surface area contributed by atoms with Crippen molar-refractivity contribution in [2.24, 2.45) is 11.8 Å². The second-order valence-electron chi connectivity index (χ2n) is 8.99. The summed E-state index contributed by atoms with van der Waals surface area (Å²) in [5, 5.41) is 1.06. The summed E-state index contributed by atoms with van der Waals surface area (Å²) < 4.78 is 5.69. The van der Waals surface area contributed by atoms with Crippen molar-refractivity contribution in [1.82, 2.24) is 4.90 Å². The van der Waals surface area contributed by atoms with E-state index < -0.39 is 0 Å². The molecule has 1 amide bonds. The maximum atomic E-state index is 12.9. The van der Waals surface area contributed by atoms with Crippen LogP contribution in [0.4, 0.5) is 0 Å². The third-order valence-electron chi connectivity index (χ3n) is 4.39. The van der Waals surface area contributed by atoms with Gasteiger partial charge in [0.2, 0.25) is 5.91 Å². The van der Waals surface area contributed by atoms with Crippen LogP contribution in [0.5, 0.6) is 0 Å². The van der Waals surface area contributed by atoms with E-state index in [1.807, 2.05) is 11.0 Å². The number of fused-ring (bicyclic) bond motifs is 1. The SMILES string of the molecule is CC(C)CN(CC(C)C)C(=O)Cc1coc2ccc(C(C)(C)C)cc12. The Morgan fingerprint density at radius 2 is 1.68 bits per heavy atom. The summed E-state index contributed by atoms with van der Waals surface area (Å²) in [6, 6.07) is 6.31. The van der Waals surface area contributed by atoms with E-state index in [4.69, 9.17) is 4.42 Å². The minimum atomic E-state index is 0.0774. The number of carbonyl (C=O) groups is 1. The van der Waals surface area contributed by atoms with E-state index in [0.717, 1.165) is 29.6 Å². The van der Waals surface area contributed by atoms with Gasteiger partial charge in [0, 0.05) is 24.0 Å². The van der Waals surface area contributed by atoms with Crippen LogP contribution in [0.2, 0.25) is 0 Å². The van der Waals surface area contributed by atoms with Gasteiger partial charge in [0.05, 0.1) is 12.7 Å². The minimum Gasteiger partial charge on any atom is -0.464 e. The van der Waals surface area contributed by atoms with Gasteiger partial charge in [-0.05, 0) is 34.9 Å². The van der Waals surface area contributed by atoms with E-state index in [9.17, 15) is 4.79 Å². The topological polar surface area (TPSA) is 33.5 Å². The second-order valence-corrected chi connectivity index (χ2v) is 8.99. The summed E-state index contributed by atoms with van der Waals surface area (Å²) in [5.74, 6) is 1.12. The molecule has 0 aliphatic rings. The molecule has 1 aromatic carbocycles. The van der Waals surface area contributed by atoms with E-state index in [1.54, 1.807) is 6.26 Å². The zero-order valence-electron chi connectivity index (χ0n) is 16.8. The van der Waals surface area contributed by atoms with Crippen LogP contribution in [0.1, 0.15) is 59.6 Å². The summed E-state index contributed by atoms with van der Waals surface area (Å²) in [7, 11) is 0. The zero-order valence-corrected chi connectivity index (χ0v) is 16.8. The van der Waals surface area contributed by atoms with E-state index in [2.05, 4.69) is 60.6 Å². The predicted octanol–water partition coefficient (Wildman–Crippen LogP) is 5.41. The Kier molecular flexibility index (Phi) is 5.97. The van der Waals surface area contributed by atoms with Crippen LogP contribution >= 0.6 is 0 Å². The molecule has 0 unspecified atom stereocenters. The highest BCUT2D eigenvalue weighted by molar-refractivity contribution is 5.88. The number of carbonyl (C=O) groups excluding carboxylic acids is 1. The van der Waals surface area contributed by atoms with Crippen LogP contribution < -0.4 is 0 Å². The van der Waals surface area contributed by atoms with Crippen LogP contribution in [0.3, 0.4) is 0 Å². The third-order valence-corrected chi connectivity index (χ3v) is 4.39. The molecule has 0 saturated carbocycles. The average molecular weight is 344 g/mol. The normalized spacial score (nSPS) is 12.4. The summed E-state index contributed by atoms with van der Waals surface area (Å²) in [6.45, 7) is 16.8. The second kappa shape index (κ2) is 7.63. The van der Waals surface area contributed by atoms with E-state index >= 15 is 0 Å². The molecule has 0 radical (unpaired) electrons. The lowest BCUT2D eigenvalue weighted by Crippen LogP contribution is -2.37. The molecule has 0 N–H and O–H groups in total. The standard InChI is InChI=1S/C22H33NO2/c1-15(2)12-23(13-16(3)4)21(24)10-17-14-25-20-9-8-18(11-19(17)20)22(5,6)7/h8-9,11,14-16H,10,12-13H2,1-7H3. The lowest BCUT2D eigenvalue weighted by molar-refractivity contribution is -0.131. The molecule has 25 heavy (non-hydrogen) atoms. The largest absolute Gasteiger partial charge is 0.464 e. The monoisotopic (exact) mass is 343 g/mol. The van der Waals surface area contributed by atoms with Gasteiger partial charge < -0.3 is 9.32 Å². The fourth-order valence-electron chi connectivity index (χ4n) is 3.12. The molecule has 0 spiro atoms. The first-order valence-electron chi connectivity index (χ1n) is 9.36.